The number of nitro groups is 1. The summed E-state index contributed by atoms with van der Waals surface area (Å²) in [7, 11) is 1.36. The van der Waals surface area contributed by atoms with E-state index in [-0.39, 0.29) is 23.8 Å². The fourth-order valence-electron chi connectivity index (χ4n) is 0.845. The molecule has 13 heavy (non-hydrogen) atoms. The van der Waals surface area contributed by atoms with Gasteiger partial charge in [-0.15, -0.1) is 12.4 Å². The van der Waals surface area contributed by atoms with Crippen LogP contribution in [0, 0.1) is 10.1 Å². The number of nitrogens with zero attached hydrogens (tertiary/aromatic N) is 1. The van der Waals surface area contributed by atoms with Gasteiger partial charge >= 0.3 is 5.69 Å². The summed E-state index contributed by atoms with van der Waals surface area (Å²) in [6, 6.07) is 4.19. The van der Waals surface area contributed by atoms with Gasteiger partial charge in [-0.25, -0.2) is 0 Å². The first kappa shape index (κ1) is 11.5. The topological polar surface area (TPSA) is 78.4 Å². The quantitative estimate of drug-likeness (QED) is 0.451. The Morgan fingerprint density at radius 2 is 2.15 bits per heavy atom. The molecule has 0 aliphatic rings. The Bertz CT molecular complexity index is 317. The minimum absolute atomic E-state index is 0. The van der Waals surface area contributed by atoms with Gasteiger partial charge in [0.25, 0.3) is 0 Å². The monoisotopic (exact) mass is 204 g/mol. The Balaban J connectivity index is 0.00000144. The Kier molecular flexibility index (Phi) is 4.00. The van der Waals surface area contributed by atoms with Crippen molar-refractivity contribution in [3.8, 4) is 5.75 Å². The molecule has 0 radical (unpaired) electrons. The number of benzene rings is 1. The van der Waals surface area contributed by atoms with Crippen LogP contribution in [0.2, 0.25) is 0 Å². The first-order valence-electron chi connectivity index (χ1n) is 3.23. The molecule has 0 fully saturated rings. The number of hydrogen-bond donors (Lipinski definition) is 1. The molecule has 5 nitrogen and oxygen atoms in total. The number of halogens is 1. The molecule has 1 rings (SSSR count). The Morgan fingerprint density at radius 1 is 1.54 bits per heavy atom. The van der Waals surface area contributed by atoms with E-state index in [0.29, 0.717) is 5.69 Å². The van der Waals surface area contributed by atoms with Gasteiger partial charge in [-0.3, -0.25) is 10.1 Å². The van der Waals surface area contributed by atoms with Crippen molar-refractivity contribution in [2.24, 2.45) is 0 Å². The van der Waals surface area contributed by atoms with Crippen LogP contribution in [0.4, 0.5) is 11.4 Å². The van der Waals surface area contributed by atoms with Crippen molar-refractivity contribution < 1.29 is 9.66 Å². The average Bonchev–Trinajstić information content (AvgIpc) is 2.03. The van der Waals surface area contributed by atoms with Crippen molar-refractivity contribution in [3.63, 3.8) is 0 Å². The van der Waals surface area contributed by atoms with E-state index >= 15 is 0 Å². The number of hydrogen-bond acceptors (Lipinski definition) is 4. The van der Waals surface area contributed by atoms with Crippen molar-refractivity contribution in [1.82, 2.24) is 0 Å². The Labute approximate surface area is 81.1 Å². The Morgan fingerprint density at radius 3 is 2.62 bits per heavy atom. The van der Waals surface area contributed by atoms with Gasteiger partial charge in [0.15, 0.2) is 5.75 Å². The fourth-order valence-corrected chi connectivity index (χ4v) is 0.845. The van der Waals surface area contributed by atoms with Crippen molar-refractivity contribution in [3.05, 3.63) is 28.3 Å². The highest BCUT2D eigenvalue weighted by Gasteiger charge is 2.13. The van der Waals surface area contributed by atoms with Crippen molar-refractivity contribution in [2.45, 2.75) is 0 Å². The highest BCUT2D eigenvalue weighted by Crippen LogP contribution is 2.28. The van der Waals surface area contributed by atoms with Crippen LogP contribution in [0.25, 0.3) is 0 Å². The lowest BCUT2D eigenvalue weighted by Gasteiger charge is -2.01. The molecular formula is C7H9ClN2O3. The van der Waals surface area contributed by atoms with E-state index in [0.717, 1.165) is 0 Å². The first-order valence-corrected chi connectivity index (χ1v) is 3.23. The standard InChI is InChI=1S/C7H8N2O3.ClH/c1-12-7-4-5(8)2-3-6(7)9(10)11;/h2-4H,8H2,1H3;1H. The summed E-state index contributed by atoms with van der Waals surface area (Å²) in [5.74, 6) is 0.181. The molecule has 0 aromatic heterocycles. The molecule has 0 amide bonds. The molecule has 0 heterocycles. The number of rotatable bonds is 2. The maximum Gasteiger partial charge on any atom is 0.311 e. The molecule has 0 aliphatic carbocycles. The molecule has 0 aliphatic heterocycles. The third-order valence-electron chi connectivity index (χ3n) is 1.40. The lowest BCUT2D eigenvalue weighted by Crippen LogP contribution is -1.94. The molecule has 0 spiro atoms. The largest absolute Gasteiger partial charge is 0.490 e. The van der Waals surface area contributed by atoms with Gasteiger partial charge in [0.05, 0.1) is 12.0 Å². The smallest absolute Gasteiger partial charge is 0.311 e. The third-order valence-corrected chi connectivity index (χ3v) is 1.40. The third kappa shape index (κ3) is 2.48. The minimum atomic E-state index is -0.516. The molecule has 0 saturated carbocycles. The zero-order valence-electron chi connectivity index (χ0n) is 6.89. The van der Waals surface area contributed by atoms with Gasteiger partial charge in [0.2, 0.25) is 0 Å². The molecular weight excluding hydrogens is 196 g/mol. The summed E-state index contributed by atoms with van der Waals surface area (Å²) in [5.41, 5.74) is 5.77. The zero-order valence-corrected chi connectivity index (χ0v) is 7.71. The van der Waals surface area contributed by atoms with Gasteiger partial charge in [-0.2, -0.15) is 0 Å². The van der Waals surface area contributed by atoms with E-state index in [1.165, 1.54) is 25.3 Å². The van der Waals surface area contributed by atoms with Crippen molar-refractivity contribution in [1.29, 1.82) is 0 Å². The highest BCUT2D eigenvalue weighted by molar-refractivity contribution is 5.85. The summed E-state index contributed by atoms with van der Waals surface area (Å²) in [4.78, 5) is 9.86. The van der Waals surface area contributed by atoms with Crippen LogP contribution in [0.15, 0.2) is 18.2 Å². The summed E-state index contributed by atoms with van der Waals surface area (Å²) in [5, 5.41) is 10.4. The molecule has 0 bridgehead atoms. The molecule has 0 unspecified atom stereocenters. The van der Waals surface area contributed by atoms with E-state index in [9.17, 15) is 10.1 Å². The van der Waals surface area contributed by atoms with Crippen LogP contribution in [-0.4, -0.2) is 12.0 Å². The second kappa shape index (κ2) is 4.51. The van der Waals surface area contributed by atoms with Gasteiger partial charge < -0.3 is 10.5 Å². The number of methoxy groups -OCH3 is 1. The van der Waals surface area contributed by atoms with E-state index in [2.05, 4.69) is 0 Å². The van der Waals surface area contributed by atoms with E-state index in [4.69, 9.17) is 10.5 Å². The zero-order chi connectivity index (χ0) is 9.14. The number of nitrogens with two attached hydrogens (primary N) is 1. The lowest BCUT2D eigenvalue weighted by molar-refractivity contribution is -0.385. The lowest BCUT2D eigenvalue weighted by atomic mass is 10.2. The van der Waals surface area contributed by atoms with Crippen LogP contribution in [0.1, 0.15) is 0 Å². The van der Waals surface area contributed by atoms with Gasteiger partial charge in [0.1, 0.15) is 0 Å². The highest BCUT2D eigenvalue weighted by atomic mass is 35.5. The second-order valence-electron chi connectivity index (χ2n) is 2.19. The normalized spacial score (nSPS) is 8.69. The van der Waals surface area contributed by atoms with Crippen LogP contribution in [0.5, 0.6) is 5.75 Å². The van der Waals surface area contributed by atoms with Crippen molar-refractivity contribution in [2.75, 3.05) is 12.8 Å². The fraction of sp³-hybridized carbons (Fsp3) is 0.143. The molecule has 1 aromatic carbocycles. The van der Waals surface area contributed by atoms with Crippen LogP contribution in [-0.2, 0) is 0 Å². The molecule has 6 heteroatoms. The summed E-state index contributed by atoms with van der Waals surface area (Å²) < 4.78 is 4.77. The number of nitro benzene ring substituents is 1. The molecule has 72 valence electrons. The second-order valence-corrected chi connectivity index (χ2v) is 2.19. The van der Waals surface area contributed by atoms with Gasteiger partial charge in [-0.1, -0.05) is 0 Å². The maximum absolute atomic E-state index is 10.4. The number of ether oxygens (including phenoxy) is 1. The maximum atomic E-state index is 10.4. The molecule has 2 N–H and O–H groups in total. The Hall–Kier alpha value is -1.49. The molecule has 0 atom stereocenters. The van der Waals surface area contributed by atoms with Crippen LogP contribution in [0.3, 0.4) is 0 Å². The van der Waals surface area contributed by atoms with Crippen LogP contribution < -0.4 is 10.5 Å². The van der Waals surface area contributed by atoms with E-state index in [1.54, 1.807) is 0 Å². The van der Waals surface area contributed by atoms with Crippen molar-refractivity contribution >= 4 is 23.8 Å². The summed E-state index contributed by atoms with van der Waals surface area (Å²) in [6.07, 6.45) is 0. The molecule has 0 saturated heterocycles. The average molecular weight is 205 g/mol. The van der Waals surface area contributed by atoms with Crippen LogP contribution >= 0.6 is 12.4 Å². The SMILES string of the molecule is COc1cc(N)ccc1[N+](=O)[O-].Cl. The first-order chi connectivity index (χ1) is 5.65. The summed E-state index contributed by atoms with van der Waals surface area (Å²) in [6.45, 7) is 0. The number of anilines is 1. The van der Waals surface area contributed by atoms with Gasteiger partial charge in [-0.05, 0) is 6.07 Å². The van der Waals surface area contributed by atoms with E-state index < -0.39 is 4.92 Å². The predicted molar refractivity (Wildman–Crippen MR) is 51.3 cm³/mol. The summed E-state index contributed by atoms with van der Waals surface area (Å²) >= 11 is 0. The number of nitrogen functional groups attached to an aromatic ring is 1. The minimum Gasteiger partial charge on any atom is -0.490 e. The van der Waals surface area contributed by atoms with Gasteiger partial charge in [0, 0.05) is 17.8 Å². The molecule has 1 aromatic rings. The predicted octanol–water partition coefficient (Wildman–Crippen LogP) is 1.61. The van der Waals surface area contributed by atoms with E-state index in [1.807, 2.05) is 0 Å².